The maximum absolute atomic E-state index is 10.0. The van der Waals surface area contributed by atoms with Crippen LogP contribution in [0.1, 0.15) is 43.8 Å². The van der Waals surface area contributed by atoms with Crippen LogP contribution in [0.5, 0.6) is 0 Å². The number of hydrogen-bond acceptors (Lipinski definition) is 1. The summed E-state index contributed by atoms with van der Waals surface area (Å²) in [6.07, 6.45) is 6.45. The number of rotatable bonds is 4. The van der Waals surface area contributed by atoms with Crippen molar-refractivity contribution in [3.8, 4) is 0 Å². The van der Waals surface area contributed by atoms with Crippen LogP contribution in [0.3, 0.4) is 0 Å². The van der Waals surface area contributed by atoms with Gasteiger partial charge < -0.3 is 10.4 Å². The Labute approximate surface area is 97.7 Å². The minimum Gasteiger partial charge on any atom is -0.382 e. The minimum absolute atomic E-state index is 0.317. The van der Waals surface area contributed by atoms with Gasteiger partial charge in [-0.25, -0.2) is 0 Å². The third kappa shape index (κ3) is 3.32. The third-order valence-corrected chi connectivity index (χ3v) is 3.53. The molecular formula is C14H22NO+. The third-order valence-electron chi connectivity index (χ3n) is 3.53. The monoisotopic (exact) mass is 220 g/mol. The second-order valence-corrected chi connectivity index (χ2v) is 4.80. The van der Waals surface area contributed by atoms with Crippen molar-refractivity contribution in [3.05, 3.63) is 35.9 Å². The SMILES string of the molecule is O[C@@H](C[NH2+]C1CCCCC1)c1ccccc1. The van der Waals surface area contributed by atoms with Gasteiger partial charge in [-0.1, -0.05) is 36.8 Å². The average Bonchev–Trinajstić information content (AvgIpc) is 2.38. The number of benzene rings is 1. The van der Waals surface area contributed by atoms with Gasteiger partial charge >= 0.3 is 0 Å². The van der Waals surface area contributed by atoms with Crippen molar-refractivity contribution >= 4 is 0 Å². The van der Waals surface area contributed by atoms with Gasteiger partial charge in [0.2, 0.25) is 0 Å². The first-order valence-electron chi connectivity index (χ1n) is 6.42. The van der Waals surface area contributed by atoms with E-state index in [1.807, 2.05) is 30.3 Å². The van der Waals surface area contributed by atoms with E-state index in [0.717, 1.165) is 18.2 Å². The van der Waals surface area contributed by atoms with Crippen LogP contribution in [0.4, 0.5) is 0 Å². The summed E-state index contributed by atoms with van der Waals surface area (Å²) in [4.78, 5) is 0. The molecule has 1 aliphatic rings. The molecule has 3 N–H and O–H groups in total. The molecule has 0 bridgehead atoms. The summed E-state index contributed by atoms with van der Waals surface area (Å²) in [6, 6.07) is 10.7. The fourth-order valence-electron chi connectivity index (χ4n) is 2.50. The van der Waals surface area contributed by atoms with E-state index in [4.69, 9.17) is 0 Å². The Kier molecular flexibility index (Phi) is 4.37. The van der Waals surface area contributed by atoms with Gasteiger partial charge in [0.1, 0.15) is 12.6 Å². The lowest BCUT2D eigenvalue weighted by Gasteiger charge is -2.21. The van der Waals surface area contributed by atoms with Crippen LogP contribution in [-0.2, 0) is 0 Å². The first kappa shape index (κ1) is 11.6. The summed E-state index contributed by atoms with van der Waals surface area (Å²) < 4.78 is 0. The highest BCUT2D eigenvalue weighted by Gasteiger charge is 2.18. The fraction of sp³-hybridized carbons (Fsp3) is 0.571. The zero-order valence-corrected chi connectivity index (χ0v) is 9.81. The van der Waals surface area contributed by atoms with Crippen molar-refractivity contribution in [1.82, 2.24) is 0 Å². The van der Waals surface area contributed by atoms with Crippen LogP contribution in [0.25, 0.3) is 0 Å². The maximum Gasteiger partial charge on any atom is 0.128 e. The van der Waals surface area contributed by atoms with E-state index in [2.05, 4.69) is 5.32 Å². The van der Waals surface area contributed by atoms with Crippen molar-refractivity contribution in [2.24, 2.45) is 0 Å². The predicted octanol–water partition coefficient (Wildman–Crippen LogP) is 1.62. The van der Waals surface area contributed by atoms with E-state index in [9.17, 15) is 5.11 Å². The molecule has 0 spiro atoms. The molecule has 0 radical (unpaired) electrons. The molecule has 1 fully saturated rings. The first-order valence-corrected chi connectivity index (χ1v) is 6.42. The molecule has 1 atom stereocenters. The summed E-state index contributed by atoms with van der Waals surface area (Å²) in [5.74, 6) is 0. The molecular weight excluding hydrogens is 198 g/mol. The summed E-state index contributed by atoms with van der Waals surface area (Å²) in [6.45, 7) is 0.800. The Morgan fingerprint density at radius 3 is 2.50 bits per heavy atom. The largest absolute Gasteiger partial charge is 0.382 e. The van der Waals surface area contributed by atoms with E-state index >= 15 is 0 Å². The van der Waals surface area contributed by atoms with Crippen molar-refractivity contribution in [3.63, 3.8) is 0 Å². The van der Waals surface area contributed by atoms with Crippen molar-refractivity contribution in [2.75, 3.05) is 6.54 Å². The zero-order valence-electron chi connectivity index (χ0n) is 9.81. The van der Waals surface area contributed by atoms with E-state index in [0.29, 0.717) is 0 Å². The van der Waals surface area contributed by atoms with Crippen LogP contribution >= 0.6 is 0 Å². The van der Waals surface area contributed by atoms with Crippen molar-refractivity contribution < 1.29 is 10.4 Å². The Hall–Kier alpha value is -0.860. The number of aliphatic hydroxyl groups is 1. The standard InChI is InChI=1S/C14H21NO/c16-14(12-7-3-1-4-8-12)11-15-13-9-5-2-6-10-13/h1,3-4,7-8,13-16H,2,5-6,9-11H2/p+1/t14-/m0/s1. The van der Waals surface area contributed by atoms with E-state index in [-0.39, 0.29) is 6.10 Å². The lowest BCUT2D eigenvalue weighted by atomic mass is 9.95. The normalized spacial score (nSPS) is 19.6. The van der Waals surface area contributed by atoms with Gasteiger partial charge in [-0.05, 0) is 31.2 Å². The molecule has 2 heteroatoms. The van der Waals surface area contributed by atoms with Crippen LogP contribution in [0.2, 0.25) is 0 Å². The highest BCUT2D eigenvalue weighted by Crippen LogP contribution is 2.15. The van der Waals surface area contributed by atoms with Crippen molar-refractivity contribution in [2.45, 2.75) is 44.2 Å². The van der Waals surface area contributed by atoms with E-state index in [1.54, 1.807) is 0 Å². The van der Waals surface area contributed by atoms with Gasteiger partial charge in [-0.2, -0.15) is 0 Å². The number of nitrogens with two attached hydrogens (primary N) is 1. The van der Waals surface area contributed by atoms with Gasteiger partial charge in [-0.15, -0.1) is 0 Å². The van der Waals surface area contributed by atoms with Gasteiger partial charge in [0, 0.05) is 0 Å². The minimum atomic E-state index is -0.317. The van der Waals surface area contributed by atoms with E-state index in [1.165, 1.54) is 32.1 Å². The lowest BCUT2D eigenvalue weighted by molar-refractivity contribution is -0.698. The molecule has 0 unspecified atom stereocenters. The molecule has 1 saturated carbocycles. The van der Waals surface area contributed by atoms with Gasteiger partial charge in [0.25, 0.3) is 0 Å². The Bertz CT molecular complexity index is 293. The summed E-state index contributed by atoms with van der Waals surface area (Å²) in [7, 11) is 0. The Morgan fingerprint density at radius 2 is 1.81 bits per heavy atom. The molecule has 0 heterocycles. The molecule has 0 aliphatic heterocycles. The second kappa shape index (κ2) is 6.02. The summed E-state index contributed by atoms with van der Waals surface area (Å²) >= 11 is 0. The molecule has 88 valence electrons. The van der Waals surface area contributed by atoms with Gasteiger partial charge in [0.15, 0.2) is 0 Å². The average molecular weight is 220 g/mol. The quantitative estimate of drug-likeness (QED) is 0.795. The van der Waals surface area contributed by atoms with Crippen LogP contribution in [0.15, 0.2) is 30.3 Å². The highest BCUT2D eigenvalue weighted by atomic mass is 16.3. The maximum atomic E-state index is 10.0. The molecule has 1 aromatic carbocycles. The Balaban J connectivity index is 1.77. The Morgan fingerprint density at radius 1 is 1.12 bits per heavy atom. The molecule has 16 heavy (non-hydrogen) atoms. The lowest BCUT2D eigenvalue weighted by Crippen LogP contribution is -2.91. The van der Waals surface area contributed by atoms with Crippen LogP contribution < -0.4 is 5.32 Å². The molecule has 1 aromatic rings. The number of quaternary nitrogens is 1. The van der Waals surface area contributed by atoms with Crippen LogP contribution in [-0.4, -0.2) is 17.7 Å². The van der Waals surface area contributed by atoms with E-state index < -0.39 is 0 Å². The van der Waals surface area contributed by atoms with Gasteiger partial charge in [-0.3, -0.25) is 0 Å². The fourth-order valence-corrected chi connectivity index (χ4v) is 2.50. The first-order chi connectivity index (χ1) is 7.86. The predicted molar refractivity (Wildman–Crippen MR) is 65.1 cm³/mol. The zero-order chi connectivity index (χ0) is 11.2. The molecule has 0 saturated heterocycles. The molecule has 0 aromatic heterocycles. The number of aliphatic hydroxyl groups excluding tert-OH is 1. The molecule has 0 amide bonds. The van der Waals surface area contributed by atoms with Gasteiger partial charge in [0.05, 0.1) is 6.04 Å². The smallest absolute Gasteiger partial charge is 0.128 e. The van der Waals surface area contributed by atoms with Crippen molar-refractivity contribution in [1.29, 1.82) is 0 Å². The molecule has 2 nitrogen and oxygen atoms in total. The topological polar surface area (TPSA) is 36.8 Å². The number of hydrogen-bond donors (Lipinski definition) is 2. The van der Waals surface area contributed by atoms with Crippen LogP contribution in [0, 0.1) is 0 Å². The highest BCUT2D eigenvalue weighted by molar-refractivity contribution is 5.16. The summed E-state index contributed by atoms with van der Waals surface area (Å²) in [5.41, 5.74) is 1.04. The summed E-state index contributed by atoms with van der Waals surface area (Å²) in [5, 5.41) is 12.4. The molecule has 2 rings (SSSR count). The second-order valence-electron chi connectivity index (χ2n) is 4.80. The molecule has 1 aliphatic carbocycles.